The van der Waals surface area contributed by atoms with Crippen molar-refractivity contribution in [3.05, 3.63) is 60.2 Å². The summed E-state index contributed by atoms with van der Waals surface area (Å²) in [5, 5.41) is 19.6. The van der Waals surface area contributed by atoms with Crippen LogP contribution in [0.5, 0.6) is 5.75 Å². The van der Waals surface area contributed by atoms with Crippen LogP contribution in [0.1, 0.15) is 25.8 Å². The number of halogens is 1. The van der Waals surface area contributed by atoms with Crippen molar-refractivity contribution < 1.29 is 33.4 Å². The summed E-state index contributed by atoms with van der Waals surface area (Å²) in [7, 11) is 1.58. The van der Waals surface area contributed by atoms with Crippen molar-refractivity contribution in [1.82, 2.24) is 25.5 Å². The van der Waals surface area contributed by atoms with Crippen LogP contribution < -0.4 is 15.4 Å². The molecule has 40 heavy (non-hydrogen) atoms. The van der Waals surface area contributed by atoms with E-state index in [1.807, 2.05) is 30.3 Å². The highest BCUT2D eigenvalue weighted by molar-refractivity contribution is 6.13. The maximum Gasteiger partial charge on any atom is 0.405 e. The molecule has 2 atom stereocenters. The van der Waals surface area contributed by atoms with Gasteiger partial charge in [0, 0.05) is 32.6 Å². The van der Waals surface area contributed by atoms with Crippen molar-refractivity contribution in [2.24, 2.45) is 10.5 Å². The normalized spacial score (nSPS) is 19.4. The lowest BCUT2D eigenvalue weighted by atomic mass is 9.73. The smallest absolute Gasteiger partial charge is 0.405 e. The van der Waals surface area contributed by atoms with Gasteiger partial charge in [-0.1, -0.05) is 30.3 Å². The minimum Gasteiger partial charge on any atom is -0.489 e. The molecule has 1 aromatic carbocycles. The number of pyridine rings is 1. The first-order valence-corrected chi connectivity index (χ1v) is 12.7. The number of rotatable bonds is 9. The average Bonchev–Trinajstić information content (AvgIpc) is 3.14. The van der Waals surface area contributed by atoms with Crippen LogP contribution in [0, 0.1) is 11.2 Å². The maximum atomic E-state index is 13.9. The van der Waals surface area contributed by atoms with Crippen molar-refractivity contribution >= 4 is 29.5 Å². The van der Waals surface area contributed by atoms with Crippen molar-refractivity contribution in [3.8, 4) is 5.75 Å². The lowest BCUT2D eigenvalue weighted by Crippen LogP contribution is -2.62. The van der Waals surface area contributed by atoms with Gasteiger partial charge in [0.25, 0.3) is 5.91 Å². The van der Waals surface area contributed by atoms with Gasteiger partial charge in [-0.25, -0.2) is 14.2 Å². The predicted molar refractivity (Wildman–Crippen MR) is 141 cm³/mol. The maximum absolute atomic E-state index is 13.9. The van der Waals surface area contributed by atoms with Crippen LogP contribution in [0.25, 0.3) is 0 Å². The van der Waals surface area contributed by atoms with Gasteiger partial charge < -0.3 is 25.4 Å². The highest BCUT2D eigenvalue weighted by Crippen LogP contribution is 2.38. The van der Waals surface area contributed by atoms with E-state index in [2.05, 4.69) is 20.7 Å². The number of nitrogens with zero attached hydrogens (tertiary/aromatic N) is 4. The second-order valence-corrected chi connectivity index (χ2v) is 10.4. The van der Waals surface area contributed by atoms with Crippen LogP contribution in [-0.2, 0) is 20.8 Å². The Morgan fingerprint density at radius 1 is 1.23 bits per heavy atom. The molecule has 12 nitrogen and oxygen atoms in total. The van der Waals surface area contributed by atoms with E-state index in [1.165, 1.54) is 30.0 Å². The van der Waals surface area contributed by atoms with E-state index in [-0.39, 0.29) is 24.7 Å². The van der Waals surface area contributed by atoms with Gasteiger partial charge in [0.1, 0.15) is 35.2 Å². The zero-order valence-corrected chi connectivity index (χ0v) is 22.4. The highest BCUT2D eigenvalue weighted by Gasteiger charge is 2.54. The van der Waals surface area contributed by atoms with E-state index < -0.39 is 47.3 Å². The summed E-state index contributed by atoms with van der Waals surface area (Å²) in [6.07, 6.45) is 1.51. The Labute approximate surface area is 230 Å². The van der Waals surface area contributed by atoms with E-state index in [4.69, 9.17) is 9.84 Å². The van der Waals surface area contributed by atoms with E-state index in [1.54, 1.807) is 7.05 Å². The molecule has 1 saturated heterocycles. The number of carboxylic acid groups (broad SMARTS) is 1. The number of hydrogen-bond donors (Lipinski definition) is 3. The number of hydrogen-bond acceptors (Lipinski definition) is 7. The minimum absolute atomic E-state index is 0.0212. The zero-order chi connectivity index (χ0) is 29.1. The summed E-state index contributed by atoms with van der Waals surface area (Å²) >= 11 is 0. The molecule has 0 aliphatic carbocycles. The summed E-state index contributed by atoms with van der Waals surface area (Å²) in [6, 6.07) is 9.21. The topological polar surface area (TPSA) is 154 Å². The third-order valence-electron chi connectivity index (χ3n) is 6.95. The van der Waals surface area contributed by atoms with Crippen LogP contribution in [0.4, 0.5) is 9.18 Å². The monoisotopic (exact) mass is 554 g/mol. The van der Waals surface area contributed by atoms with Gasteiger partial charge >= 0.3 is 6.09 Å². The fourth-order valence-electron chi connectivity index (χ4n) is 4.92. The Kier molecular flexibility index (Phi) is 8.03. The van der Waals surface area contributed by atoms with Gasteiger partial charge in [0.2, 0.25) is 11.8 Å². The molecule has 2 aliphatic heterocycles. The number of piperidine rings is 1. The minimum atomic E-state index is -1.58. The van der Waals surface area contributed by atoms with Crippen molar-refractivity contribution in [3.63, 3.8) is 0 Å². The molecule has 2 unspecified atom stereocenters. The number of carbonyl (C=O) groups is 4. The fourth-order valence-corrected chi connectivity index (χ4v) is 4.92. The molecule has 0 saturated carbocycles. The molecule has 4 rings (SSSR count). The van der Waals surface area contributed by atoms with E-state index >= 15 is 0 Å². The Hall–Kier alpha value is -4.55. The molecule has 3 heterocycles. The quantitative estimate of drug-likeness (QED) is 0.424. The number of hydrazone groups is 1. The van der Waals surface area contributed by atoms with Gasteiger partial charge in [-0.3, -0.25) is 19.4 Å². The number of benzene rings is 1. The van der Waals surface area contributed by atoms with E-state index in [0.717, 1.165) is 17.8 Å². The van der Waals surface area contributed by atoms with Gasteiger partial charge in [-0.15, -0.1) is 0 Å². The van der Waals surface area contributed by atoms with Crippen molar-refractivity contribution in [1.29, 1.82) is 0 Å². The Morgan fingerprint density at radius 2 is 1.95 bits per heavy atom. The first kappa shape index (κ1) is 28.5. The summed E-state index contributed by atoms with van der Waals surface area (Å²) in [5.41, 5.74) is -1.06. The molecule has 1 fully saturated rings. The fraction of sp³-hybridized carbons (Fsp3) is 0.407. The van der Waals surface area contributed by atoms with Gasteiger partial charge in [0.15, 0.2) is 0 Å². The lowest BCUT2D eigenvalue weighted by molar-refractivity contribution is -0.143. The summed E-state index contributed by atoms with van der Waals surface area (Å²) in [5.74, 6) is -2.16. The largest absolute Gasteiger partial charge is 0.489 e. The summed E-state index contributed by atoms with van der Waals surface area (Å²) < 4.78 is 19.2. The van der Waals surface area contributed by atoms with Crippen LogP contribution in [0.15, 0.2) is 53.9 Å². The van der Waals surface area contributed by atoms with Gasteiger partial charge in [-0.05, 0) is 25.8 Å². The molecule has 13 heteroatoms. The lowest BCUT2D eigenvalue weighted by Gasteiger charge is -2.40. The SMILES string of the molecule is CN1N=C2CCN(C(=O)C(COc3cncc(F)c3)NC(=O)C(C)(C)NC(=O)O)CC2(Cc2ccccc2)C1=O. The van der Waals surface area contributed by atoms with Crippen LogP contribution in [0.2, 0.25) is 0 Å². The van der Waals surface area contributed by atoms with Gasteiger partial charge in [0.05, 0.1) is 18.1 Å². The number of likely N-dealkylation sites (tertiary alicyclic amines) is 1. The number of amides is 4. The first-order chi connectivity index (χ1) is 18.9. The number of nitrogens with one attached hydrogen (secondary N) is 2. The number of fused-ring (bicyclic) bond motifs is 1. The third-order valence-corrected chi connectivity index (χ3v) is 6.95. The molecule has 0 bridgehead atoms. The molecule has 1 aromatic heterocycles. The second kappa shape index (κ2) is 11.3. The number of carbonyl (C=O) groups excluding carboxylic acids is 3. The van der Waals surface area contributed by atoms with Crippen LogP contribution in [0.3, 0.4) is 0 Å². The zero-order valence-electron chi connectivity index (χ0n) is 22.4. The van der Waals surface area contributed by atoms with Crippen molar-refractivity contribution in [2.75, 3.05) is 26.7 Å². The molecule has 3 N–H and O–H groups in total. The standard InChI is InChI=1S/C27H31FN6O6/c1-26(2,31-25(38)39)23(36)30-20(15-40-19-11-18(28)13-29-14-19)22(35)34-10-9-21-27(16-34,24(37)33(3)32-21)12-17-7-5-4-6-8-17/h4-8,11,13-14,20,31H,9-10,12,15-16H2,1-3H3,(H,30,36)(H,38,39). The van der Waals surface area contributed by atoms with Crippen LogP contribution in [-0.4, -0.2) is 87.9 Å². The van der Waals surface area contributed by atoms with Crippen molar-refractivity contribution in [2.45, 2.75) is 38.3 Å². The summed E-state index contributed by atoms with van der Waals surface area (Å²) in [4.78, 5) is 56.7. The average molecular weight is 555 g/mol. The molecule has 2 aromatic rings. The molecule has 0 radical (unpaired) electrons. The van der Waals surface area contributed by atoms with Gasteiger partial charge in [-0.2, -0.15) is 5.10 Å². The molecule has 0 spiro atoms. The Morgan fingerprint density at radius 3 is 2.62 bits per heavy atom. The molecular formula is C27H31FN6O6. The first-order valence-electron chi connectivity index (χ1n) is 12.7. The molecule has 4 amide bonds. The second-order valence-electron chi connectivity index (χ2n) is 10.4. The molecule has 2 aliphatic rings. The summed E-state index contributed by atoms with van der Waals surface area (Å²) in [6.45, 7) is 2.56. The molecule has 212 valence electrons. The third kappa shape index (κ3) is 6.03. The molecular weight excluding hydrogens is 523 g/mol. The van der Waals surface area contributed by atoms with Crippen LogP contribution >= 0.6 is 0 Å². The van der Waals surface area contributed by atoms with E-state index in [0.29, 0.717) is 18.6 Å². The predicted octanol–water partition coefficient (Wildman–Crippen LogP) is 1.42. The highest BCUT2D eigenvalue weighted by atomic mass is 19.1. The number of ether oxygens (including phenoxy) is 1. The Bertz CT molecular complexity index is 1340. The van der Waals surface area contributed by atoms with E-state index in [9.17, 15) is 23.6 Å². The Balaban J connectivity index is 1.60. The number of aromatic nitrogens is 1.